The number of hydrogen-bond donors (Lipinski definition) is 0. The molecule has 0 saturated carbocycles. The van der Waals surface area contributed by atoms with E-state index in [2.05, 4.69) is 4.74 Å². The fourth-order valence-electron chi connectivity index (χ4n) is 0.461. The highest BCUT2D eigenvalue weighted by Gasteiger charge is 2.16. The SMILES string of the molecule is CCOC(=O)C(=C=O)C(C)=O. The van der Waals surface area contributed by atoms with Crippen LogP contribution in [0.25, 0.3) is 0 Å². The van der Waals surface area contributed by atoms with Crippen LogP contribution in [-0.2, 0) is 19.1 Å². The molecule has 0 amide bonds. The van der Waals surface area contributed by atoms with Gasteiger partial charge in [-0.3, -0.25) is 4.79 Å². The maximum atomic E-state index is 10.7. The molecule has 11 heavy (non-hydrogen) atoms. The van der Waals surface area contributed by atoms with E-state index in [-0.39, 0.29) is 6.61 Å². The summed E-state index contributed by atoms with van der Waals surface area (Å²) in [6.45, 7) is 2.83. The Labute approximate surface area is 63.8 Å². The molecule has 0 aliphatic heterocycles. The molecule has 60 valence electrons. The molecule has 0 aliphatic carbocycles. The second-order valence-electron chi connectivity index (χ2n) is 1.75. The van der Waals surface area contributed by atoms with Crippen molar-refractivity contribution in [2.45, 2.75) is 13.8 Å². The third-order valence-corrected chi connectivity index (χ3v) is 0.934. The topological polar surface area (TPSA) is 60.4 Å². The molecule has 0 heterocycles. The van der Waals surface area contributed by atoms with E-state index < -0.39 is 17.3 Å². The van der Waals surface area contributed by atoms with Gasteiger partial charge < -0.3 is 4.74 Å². The summed E-state index contributed by atoms with van der Waals surface area (Å²) < 4.78 is 4.40. The Morgan fingerprint density at radius 1 is 1.45 bits per heavy atom. The van der Waals surface area contributed by atoms with E-state index in [0.29, 0.717) is 0 Å². The van der Waals surface area contributed by atoms with Crippen LogP contribution in [0, 0.1) is 0 Å². The monoisotopic (exact) mass is 156 g/mol. The van der Waals surface area contributed by atoms with Gasteiger partial charge in [-0.1, -0.05) is 0 Å². The van der Waals surface area contributed by atoms with E-state index in [4.69, 9.17) is 0 Å². The number of carbonyl (C=O) groups is 2. The summed E-state index contributed by atoms with van der Waals surface area (Å²) in [5.41, 5.74) is -0.563. The van der Waals surface area contributed by atoms with E-state index >= 15 is 0 Å². The number of esters is 1. The van der Waals surface area contributed by atoms with E-state index in [1.165, 1.54) is 5.94 Å². The van der Waals surface area contributed by atoms with Crippen LogP contribution in [0.15, 0.2) is 5.57 Å². The number of carbonyl (C=O) groups excluding carboxylic acids is 3. The predicted molar refractivity (Wildman–Crippen MR) is 36.5 cm³/mol. The van der Waals surface area contributed by atoms with Crippen molar-refractivity contribution >= 4 is 17.7 Å². The zero-order chi connectivity index (χ0) is 8.85. The third-order valence-electron chi connectivity index (χ3n) is 0.934. The van der Waals surface area contributed by atoms with Gasteiger partial charge in [-0.05, 0) is 6.92 Å². The van der Waals surface area contributed by atoms with Crippen molar-refractivity contribution in [2.75, 3.05) is 6.61 Å². The number of ether oxygens (including phenoxy) is 1. The normalized spacial score (nSPS) is 8.18. The lowest BCUT2D eigenvalue weighted by molar-refractivity contribution is -0.139. The highest BCUT2D eigenvalue weighted by molar-refractivity contribution is 6.22. The second kappa shape index (κ2) is 4.41. The fraction of sp³-hybridized carbons (Fsp3) is 0.429. The first kappa shape index (κ1) is 9.59. The Morgan fingerprint density at radius 2 is 2.00 bits per heavy atom. The molecular weight excluding hydrogens is 148 g/mol. The van der Waals surface area contributed by atoms with Crippen molar-refractivity contribution in [1.29, 1.82) is 0 Å². The summed E-state index contributed by atoms with van der Waals surface area (Å²) in [6.07, 6.45) is 0. The number of ketones is 1. The average molecular weight is 156 g/mol. The van der Waals surface area contributed by atoms with E-state index in [9.17, 15) is 14.4 Å². The molecule has 0 aromatic heterocycles. The van der Waals surface area contributed by atoms with E-state index in [0.717, 1.165) is 6.92 Å². The Balaban J connectivity index is 4.42. The Bertz CT molecular complexity index is 223. The summed E-state index contributed by atoms with van der Waals surface area (Å²) in [5, 5.41) is 0. The molecular formula is C7H8O4. The van der Waals surface area contributed by atoms with Crippen LogP contribution in [0.2, 0.25) is 0 Å². The molecule has 0 aromatic carbocycles. The van der Waals surface area contributed by atoms with Crippen LogP contribution < -0.4 is 0 Å². The molecule has 4 heteroatoms. The van der Waals surface area contributed by atoms with Crippen molar-refractivity contribution in [3.63, 3.8) is 0 Å². The van der Waals surface area contributed by atoms with Gasteiger partial charge in [0.15, 0.2) is 11.4 Å². The minimum Gasteiger partial charge on any atom is -0.462 e. The molecule has 4 nitrogen and oxygen atoms in total. The summed E-state index contributed by atoms with van der Waals surface area (Å²) in [6, 6.07) is 0. The molecule has 0 N–H and O–H groups in total. The standard InChI is InChI=1S/C7H8O4/c1-3-11-7(10)6(4-8)5(2)9/h3H2,1-2H3. The second-order valence-corrected chi connectivity index (χ2v) is 1.75. The number of hydrogen-bond acceptors (Lipinski definition) is 4. The highest BCUT2D eigenvalue weighted by atomic mass is 16.5. The minimum atomic E-state index is -0.907. The first-order valence-corrected chi connectivity index (χ1v) is 3.06. The van der Waals surface area contributed by atoms with Gasteiger partial charge in [0.1, 0.15) is 5.94 Å². The maximum Gasteiger partial charge on any atom is 0.353 e. The molecule has 0 radical (unpaired) electrons. The molecule has 0 unspecified atom stereocenters. The number of rotatable bonds is 3. The van der Waals surface area contributed by atoms with Crippen molar-refractivity contribution in [1.82, 2.24) is 0 Å². The molecule has 0 aromatic rings. The quantitative estimate of drug-likeness (QED) is 0.188. The lowest BCUT2D eigenvalue weighted by atomic mass is 10.2. The van der Waals surface area contributed by atoms with Gasteiger partial charge in [0.2, 0.25) is 0 Å². The Hall–Kier alpha value is -1.41. The molecule has 0 atom stereocenters. The molecule has 0 spiro atoms. The molecule has 0 aliphatic rings. The molecule has 0 rings (SSSR count). The van der Waals surface area contributed by atoms with Crippen molar-refractivity contribution in [3.05, 3.63) is 5.57 Å². The lowest BCUT2D eigenvalue weighted by Crippen LogP contribution is -2.13. The smallest absolute Gasteiger partial charge is 0.353 e. The number of Topliss-reactive ketones (excluding diaryl/α,β-unsaturated/α-hetero) is 1. The summed E-state index contributed by atoms with van der Waals surface area (Å²) in [5.74, 6) is -0.305. The van der Waals surface area contributed by atoms with Gasteiger partial charge in [-0.2, -0.15) is 0 Å². The average Bonchev–Trinajstić information content (AvgIpc) is 1.88. The summed E-state index contributed by atoms with van der Waals surface area (Å²) >= 11 is 0. The van der Waals surface area contributed by atoms with Crippen LogP contribution in [0.1, 0.15) is 13.8 Å². The van der Waals surface area contributed by atoms with Crippen molar-refractivity contribution in [2.24, 2.45) is 0 Å². The summed E-state index contributed by atoms with van der Waals surface area (Å²) in [4.78, 5) is 31.1. The van der Waals surface area contributed by atoms with Gasteiger partial charge in [0.25, 0.3) is 0 Å². The highest BCUT2D eigenvalue weighted by Crippen LogP contribution is 1.94. The summed E-state index contributed by atoms with van der Waals surface area (Å²) in [7, 11) is 0. The molecule has 0 saturated heterocycles. The maximum absolute atomic E-state index is 10.7. The van der Waals surface area contributed by atoms with Gasteiger partial charge in [-0.15, -0.1) is 0 Å². The van der Waals surface area contributed by atoms with Crippen LogP contribution in [0.5, 0.6) is 0 Å². The molecule has 0 bridgehead atoms. The van der Waals surface area contributed by atoms with E-state index in [1.807, 2.05) is 0 Å². The first-order chi connectivity index (χ1) is 5.13. The van der Waals surface area contributed by atoms with Crippen LogP contribution in [0.4, 0.5) is 0 Å². The lowest BCUT2D eigenvalue weighted by Gasteiger charge is -1.97. The van der Waals surface area contributed by atoms with Crippen molar-refractivity contribution in [3.8, 4) is 0 Å². The van der Waals surface area contributed by atoms with Crippen LogP contribution in [-0.4, -0.2) is 24.3 Å². The largest absolute Gasteiger partial charge is 0.462 e. The first-order valence-electron chi connectivity index (χ1n) is 3.06. The van der Waals surface area contributed by atoms with Crippen LogP contribution in [0.3, 0.4) is 0 Å². The molecule has 0 fully saturated rings. The zero-order valence-corrected chi connectivity index (χ0v) is 6.34. The minimum absolute atomic E-state index is 0.136. The third kappa shape index (κ3) is 2.78. The Morgan fingerprint density at radius 3 is 2.27 bits per heavy atom. The fourth-order valence-corrected chi connectivity index (χ4v) is 0.461. The van der Waals surface area contributed by atoms with Crippen LogP contribution >= 0.6 is 0 Å². The van der Waals surface area contributed by atoms with Gasteiger partial charge >= 0.3 is 5.97 Å². The van der Waals surface area contributed by atoms with Gasteiger partial charge in [-0.25, -0.2) is 9.59 Å². The van der Waals surface area contributed by atoms with Gasteiger partial charge in [0.05, 0.1) is 6.61 Å². The predicted octanol–water partition coefficient (Wildman–Crippen LogP) is -0.103. The Kier molecular flexibility index (Phi) is 3.85. The van der Waals surface area contributed by atoms with E-state index in [1.54, 1.807) is 6.92 Å². The zero-order valence-electron chi connectivity index (χ0n) is 6.34. The van der Waals surface area contributed by atoms with Gasteiger partial charge in [0, 0.05) is 6.92 Å². The van der Waals surface area contributed by atoms with Crippen molar-refractivity contribution < 1.29 is 19.1 Å².